The van der Waals surface area contributed by atoms with E-state index in [4.69, 9.17) is 9.05 Å². The van der Waals surface area contributed by atoms with Gasteiger partial charge in [0.25, 0.3) is 0 Å². The molecule has 0 aliphatic rings. The molecular weight excluding hydrogens is 876 g/mol. The lowest BCUT2D eigenvalue weighted by Gasteiger charge is -2.25. The Hall–Kier alpha value is -1.02. The third-order valence-corrected chi connectivity index (χ3v) is 14.9. The van der Waals surface area contributed by atoms with E-state index in [0.29, 0.717) is 17.4 Å². The van der Waals surface area contributed by atoms with Gasteiger partial charge in [0.1, 0.15) is 13.2 Å². The van der Waals surface area contributed by atoms with Crippen molar-refractivity contribution in [2.24, 2.45) is 0 Å². The topological polar surface area (TPSA) is 105 Å². The van der Waals surface area contributed by atoms with E-state index in [1.165, 1.54) is 244 Å². The number of unbranched alkanes of at least 4 members (excludes halogenated alkanes) is 41. The van der Waals surface area contributed by atoms with Crippen LogP contribution >= 0.6 is 7.82 Å². The lowest BCUT2D eigenvalue weighted by molar-refractivity contribution is -0.870. The third kappa shape index (κ3) is 54.6. The van der Waals surface area contributed by atoms with E-state index in [2.05, 4.69) is 31.3 Å². The predicted octanol–water partition coefficient (Wildman–Crippen LogP) is 18.4. The Bertz CT molecular complexity index is 1170. The Morgan fingerprint density at radius 1 is 0.478 bits per heavy atom. The molecule has 0 bridgehead atoms. The minimum Gasteiger partial charge on any atom is -0.387 e. The SMILES string of the molecule is CCCCCCCCCCCCCC/C=C\CCCCCCCCCCCCCCCCCCC(=O)NC(COP(=O)(O)OCC[N+](C)(C)C)C(O)/C=C/CCCCCCCCCCCCCCC. The van der Waals surface area contributed by atoms with E-state index in [0.717, 1.165) is 38.5 Å². The van der Waals surface area contributed by atoms with Crippen LogP contribution in [0.2, 0.25) is 0 Å². The first-order valence-electron chi connectivity index (χ1n) is 30.2. The molecule has 0 saturated heterocycles. The summed E-state index contributed by atoms with van der Waals surface area (Å²) in [6, 6.07) is -0.843. The molecule has 410 valence electrons. The van der Waals surface area contributed by atoms with Gasteiger partial charge in [0.2, 0.25) is 5.91 Å². The van der Waals surface area contributed by atoms with Gasteiger partial charge in [0, 0.05) is 6.42 Å². The third-order valence-electron chi connectivity index (χ3n) is 13.9. The second-order valence-corrected chi connectivity index (χ2v) is 23.5. The van der Waals surface area contributed by atoms with Gasteiger partial charge in [-0.25, -0.2) is 4.57 Å². The zero-order chi connectivity index (χ0) is 50.6. The van der Waals surface area contributed by atoms with Crippen molar-refractivity contribution in [3.8, 4) is 0 Å². The molecule has 0 saturated carbocycles. The van der Waals surface area contributed by atoms with Crippen LogP contribution in [0.4, 0.5) is 0 Å². The highest BCUT2D eigenvalue weighted by Gasteiger charge is 2.27. The number of hydrogen-bond acceptors (Lipinski definition) is 5. The van der Waals surface area contributed by atoms with Crippen LogP contribution in [-0.4, -0.2) is 73.4 Å². The van der Waals surface area contributed by atoms with Gasteiger partial charge in [-0.2, -0.15) is 0 Å². The molecule has 0 fully saturated rings. The monoisotopic (exact) mass is 996 g/mol. The molecule has 69 heavy (non-hydrogen) atoms. The summed E-state index contributed by atoms with van der Waals surface area (Å²) in [5.41, 5.74) is 0. The number of nitrogens with one attached hydrogen (secondary N) is 1. The van der Waals surface area contributed by atoms with Crippen LogP contribution in [-0.2, 0) is 18.4 Å². The van der Waals surface area contributed by atoms with E-state index in [1.54, 1.807) is 6.08 Å². The summed E-state index contributed by atoms with van der Waals surface area (Å²) in [6.07, 6.45) is 65.8. The molecule has 3 unspecified atom stereocenters. The van der Waals surface area contributed by atoms with E-state index in [-0.39, 0.29) is 19.1 Å². The summed E-state index contributed by atoms with van der Waals surface area (Å²) >= 11 is 0. The molecule has 0 spiro atoms. The molecule has 0 aromatic rings. The molecule has 0 radical (unpaired) electrons. The van der Waals surface area contributed by atoms with Crippen LogP contribution in [0.1, 0.15) is 303 Å². The Kier molecular flexibility index (Phi) is 51.1. The second kappa shape index (κ2) is 51.9. The fourth-order valence-corrected chi connectivity index (χ4v) is 9.89. The number of hydrogen-bond donors (Lipinski definition) is 3. The van der Waals surface area contributed by atoms with Gasteiger partial charge < -0.3 is 19.8 Å². The molecular formula is C60H120N2O6P+. The molecule has 1 amide bonds. The van der Waals surface area contributed by atoms with Gasteiger partial charge in [0.05, 0.1) is 39.9 Å². The highest BCUT2D eigenvalue weighted by atomic mass is 31.2. The summed E-state index contributed by atoms with van der Waals surface area (Å²) < 4.78 is 23.7. The number of aliphatic hydroxyl groups excluding tert-OH is 1. The van der Waals surface area contributed by atoms with Gasteiger partial charge in [0.15, 0.2) is 0 Å². The van der Waals surface area contributed by atoms with Crippen LogP contribution in [0, 0.1) is 0 Å². The van der Waals surface area contributed by atoms with Crippen molar-refractivity contribution in [2.45, 2.75) is 315 Å². The van der Waals surface area contributed by atoms with Crippen molar-refractivity contribution >= 4 is 13.7 Å². The van der Waals surface area contributed by atoms with E-state index < -0.39 is 20.0 Å². The first kappa shape index (κ1) is 68.0. The zero-order valence-corrected chi connectivity index (χ0v) is 47.7. The summed E-state index contributed by atoms with van der Waals surface area (Å²) in [6.45, 7) is 4.85. The number of carbonyl (C=O) groups excluding carboxylic acids is 1. The molecule has 0 heterocycles. The highest BCUT2D eigenvalue weighted by Crippen LogP contribution is 2.43. The van der Waals surface area contributed by atoms with Crippen molar-refractivity contribution in [1.82, 2.24) is 5.32 Å². The molecule has 3 atom stereocenters. The number of rotatable bonds is 56. The number of quaternary nitrogens is 1. The summed E-state index contributed by atoms with van der Waals surface area (Å²) in [5, 5.41) is 13.9. The number of nitrogens with zero attached hydrogens (tertiary/aromatic N) is 1. The number of likely N-dealkylation sites (N-methyl/N-ethyl adjacent to an activating group) is 1. The highest BCUT2D eigenvalue weighted by molar-refractivity contribution is 7.47. The number of carbonyl (C=O) groups is 1. The average molecular weight is 997 g/mol. The van der Waals surface area contributed by atoms with Gasteiger partial charge in [-0.05, 0) is 44.9 Å². The first-order chi connectivity index (χ1) is 33.5. The molecule has 0 aliphatic carbocycles. The molecule has 0 rings (SSSR count). The Morgan fingerprint density at radius 3 is 1.12 bits per heavy atom. The number of aliphatic hydroxyl groups is 1. The van der Waals surface area contributed by atoms with Crippen LogP contribution in [0.15, 0.2) is 24.3 Å². The van der Waals surface area contributed by atoms with Gasteiger partial charge in [-0.15, -0.1) is 0 Å². The van der Waals surface area contributed by atoms with Crippen molar-refractivity contribution in [1.29, 1.82) is 0 Å². The number of phosphoric acid groups is 1. The maximum absolute atomic E-state index is 13.0. The van der Waals surface area contributed by atoms with Gasteiger partial charge in [-0.3, -0.25) is 13.8 Å². The number of allylic oxidation sites excluding steroid dienone is 3. The molecule has 0 aromatic heterocycles. The van der Waals surface area contributed by atoms with E-state index in [9.17, 15) is 19.4 Å². The van der Waals surface area contributed by atoms with E-state index in [1.807, 2.05) is 27.2 Å². The van der Waals surface area contributed by atoms with Crippen LogP contribution < -0.4 is 5.32 Å². The standard InChI is InChI=1S/C60H119N2O6P/c1-6-8-10-12-14-16-18-20-22-23-24-25-26-27-28-29-30-31-32-33-34-35-36-37-38-40-42-44-46-48-50-52-54-60(64)61-58(57-68-69(65,66)67-56-55-62(3,4)5)59(63)53-51-49-47-45-43-41-39-21-19-17-15-13-11-9-7-2/h27-28,51,53,58-59,63H,6-26,29-50,52,54-57H2,1-5H3,(H-,61,64,65,66)/p+1/b28-27-,53-51+. The van der Waals surface area contributed by atoms with Crippen LogP contribution in [0.5, 0.6) is 0 Å². The summed E-state index contributed by atoms with van der Waals surface area (Å²) in [4.78, 5) is 23.3. The minimum atomic E-state index is -4.34. The Labute approximate surface area is 430 Å². The Morgan fingerprint density at radius 2 is 0.783 bits per heavy atom. The smallest absolute Gasteiger partial charge is 0.387 e. The maximum atomic E-state index is 13.0. The molecule has 9 heteroatoms. The fraction of sp³-hybridized carbons (Fsp3) is 0.917. The fourth-order valence-electron chi connectivity index (χ4n) is 9.16. The minimum absolute atomic E-state index is 0.0638. The van der Waals surface area contributed by atoms with Crippen molar-refractivity contribution in [2.75, 3.05) is 40.9 Å². The first-order valence-corrected chi connectivity index (χ1v) is 31.7. The van der Waals surface area contributed by atoms with Gasteiger partial charge >= 0.3 is 7.82 Å². The molecule has 3 N–H and O–H groups in total. The molecule has 0 aliphatic heterocycles. The maximum Gasteiger partial charge on any atom is 0.472 e. The quantitative estimate of drug-likeness (QED) is 0.0243. The normalized spacial score (nSPS) is 14.0. The zero-order valence-electron chi connectivity index (χ0n) is 46.8. The Balaban J connectivity index is 4.02. The summed E-state index contributed by atoms with van der Waals surface area (Å²) in [7, 11) is 1.58. The van der Waals surface area contributed by atoms with E-state index >= 15 is 0 Å². The lowest BCUT2D eigenvalue weighted by atomic mass is 10.0. The predicted molar refractivity (Wildman–Crippen MR) is 300 cm³/mol. The number of phosphoric ester groups is 1. The average Bonchev–Trinajstić information content (AvgIpc) is 3.31. The van der Waals surface area contributed by atoms with Crippen molar-refractivity contribution in [3.05, 3.63) is 24.3 Å². The summed E-state index contributed by atoms with van der Waals surface area (Å²) in [5.74, 6) is -0.172. The van der Waals surface area contributed by atoms with Crippen LogP contribution in [0.3, 0.4) is 0 Å². The molecule has 0 aromatic carbocycles. The van der Waals surface area contributed by atoms with Gasteiger partial charge in [-0.1, -0.05) is 276 Å². The van der Waals surface area contributed by atoms with Crippen LogP contribution in [0.25, 0.3) is 0 Å². The number of amides is 1. The second-order valence-electron chi connectivity index (χ2n) is 22.1. The van der Waals surface area contributed by atoms with Crippen molar-refractivity contribution < 1.29 is 32.9 Å². The van der Waals surface area contributed by atoms with Crippen molar-refractivity contribution in [3.63, 3.8) is 0 Å². The largest absolute Gasteiger partial charge is 0.472 e. The lowest BCUT2D eigenvalue weighted by Crippen LogP contribution is -2.45. The molecule has 8 nitrogen and oxygen atoms in total.